The fraction of sp³-hybridized carbons (Fsp3) is 0.273. The largest absolute Gasteiger partial charge is 0.392 e. The van der Waals surface area contributed by atoms with Crippen LogP contribution in [0.15, 0.2) is 35.5 Å². The van der Waals surface area contributed by atoms with Crippen molar-refractivity contribution in [2.24, 2.45) is 5.11 Å². The Labute approximate surface area is 88.5 Å². The van der Waals surface area contributed by atoms with Gasteiger partial charge in [0.1, 0.15) is 0 Å². The van der Waals surface area contributed by atoms with Crippen LogP contribution < -0.4 is 0 Å². The summed E-state index contributed by atoms with van der Waals surface area (Å²) in [6.07, 6.45) is 4.57. The Hall–Kier alpha value is -1.77. The molecule has 0 spiro atoms. The van der Waals surface area contributed by atoms with E-state index < -0.39 is 0 Å². The molecule has 0 unspecified atom stereocenters. The quantitative estimate of drug-likeness (QED) is 0.340. The summed E-state index contributed by atoms with van der Waals surface area (Å²) in [5.41, 5.74) is 9.97. The zero-order valence-electron chi connectivity index (χ0n) is 8.37. The minimum absolute atomic E-state index is 0.0386. The first kappa shape index (κ1) is 11.3. The molecular weight excluding hydrogens is 190 g/mol. The van der Waals surface area contributed by atoms with Crippen molar-refractivity contribution in [3.8, 4) is 0 Å². The Morgan fingerprint density at radius 1 is 1.40 bits per heavy atom. The first-order valence-electron chi connectivity index (χ1n) is 4.74. The number of benzene rings is 1. The van der Waals surface area contributed by atoms with E-state index in [1.807, 2.05) is 36.4 Å². The lowest BCUT2D eigenvalue weighted by Crippen LogP contribution is -1.86. The number of aliphatic hydroxyl groups is 1. The van der Waals surface area contributed by atoms with Gasteiger partial charge in [-0.1, -0.05) is 41.5 Å². The number of hydrogen-bond acceptors (Lipinski definition) is 2. The van der Waals surface area contributed by atoms with Crippen molar-refractivity contribution in [3.63, 3.8) is 0 Å². The zero-order valence-corrected chi connectivity index (χ0v) is 8.37. The van der Waals surface area contributed by atoms with E-state index in [0.29, 0.717) is 13.0 Å². The predicted molar refractivity (Wildman–Crippen MR) is 60.0 cm³/mol. The third-order valence-corrected chi connectivity index (χ3v) is 1.98. The molecule has 78 valence electrons. The highest BCUT2D eigenvalue weighted by Crippen LogP contribution is 2.10. The van der Waals surface area contributed by atoms with E-state index in [4.69, 9.17) is 10.6 Å². The van der Waals surface area contributed by atoms with Gasteiger partial charge in [-0.05, 0) is 23.1 Å². The Bertz CT molecular complexity index is 381. The summed E-state index contributed by atoms with van der Waals surface area (Å²) in [4.78, 5) is 2.67. The van der Waals surface area contributed by atoms with Gasteiger partial charge in [0.25, 0.3) is 0 Å². The van der Waals surface area contributed by atoms with E-state index in [0.717, 1.165) is 11.1 Å². The highest BCUT2D eigenvalue weighted by atomic mass is 16.3. The van der Waals surface area contributed by atoms with E-state index in [2.05, 4.69) is 10.0 Å². The van der Waals surface area contributed by atoms with Gasteiger partial charge in [-0.2, -0.15) is 0 Å². The molecule has 0 aliphatic rings. The van der Waals surface area contributed by atoms with Crippen LogP contribution in [0.3, 0.4) is 0 Å². The van der Waals surface area contributed by atoms with Crippen molar-refractivity contribution < 1.29 is 5.11 Å². The van der Waals surface area contributed by atoms with E-state index in [9.17, 15) is 0 Å². The third-order valence-electron chi connectivity index (χ3n) is 1.98. The SMILES string of the molecule is [N-]=[N+]=NCCC=Cc1ccccc1CO. The van der Waals surface area contributed by atoms with Crippen molar-refractivity contribution in [3.05, 3.63) is 51.9 Å². The molecule has 1 aromatic carbocycles. The number of azide groups is 1. The van der Waals surface area contributed by atoms with Gasteiger partial charge >= 0.3 is 0 Å². The Kier molecular flexibility index (Phi) is 5.01. The first-order valence-corrected chi connectivity index (χ1v) is 4.74. The maximum atomic E-state index is 9.06. The number of nitrogens with zero attached hydrogens (tertiary/aromatic N) is 3. The second kappa shape index (κ2) is 6.65. The molecular formula is C11H13N3O. The number of hydrogen-bond donors (Lipinski definition) is 1. The van der Waals surface area contributed by atoms with Crippen LogP contribution in [0.1, 0.15) is 17.5 Å². The number of rotatable bonds is 5. The lowest BCUT2D eigenvalue weighted by atomic mass is 10.1. The lowest BCUT2D eigenvalue weighted by molar-refractivity contribution is 0.281. The molecule has 0 aromatic heterocycles. The van der Waals surface area contributed by atoms with Crippen LogP contribution in [0.2, 0.25) is 0 Å². The number of aliphatic hydroxyl groups excluding tert-OH is 1. The topological polar surface area (TPSA) is 69.0 Å². The molecule has 0 radical (unpaired) electrons. The molecule has 1 rings (SSSR count). The smallest absolute Gasteiger partial charge is 0.0687 e. The molecule has 0 aliphatic heterocycles. The molecule has 0 saturated carbocycles. The zero-order chi connectivity index (χ0) is 10.9. The molecule has 0 atom stereocenters. The lowest BCUT2D eigenvalue weighted by Gasteiger charge is -2.00. The monoisotopic (exact) mass is 203 g/mol. The van der Waals surface area contributed by atoms with Gasteiger partial charge in [-0.15, -0.1) is 0 Å². The van der Waals surface area contributed by atoms with Crippen molar-refractivity contribution in [2.75, 3.05) is 6.54 Å². The summed E-state index contributed by atoms with van der Waals surface area (Å²) in [5, 5.41) is 12.5. The molecule has 4 heteroatoms. The van der Waals surface area contributed by atoms with Gasteiger partial charge in [0.2, 0.25) is 0 Å². The molecule has 0 heterocycles. The summed E-state index contributed by atoms with van der Waals surface area (Å²) in [7, 11) is 0. The predicted octanol–water partition coefficient (Wildman–Crippen LogP) is 2.89. The normalized spacial score (nSPS) is 10.2. The summed E-state index contributed by atoms with van der Waals surface area (Å²) < 4.78 is 0. The standard InChI is InChI=1S/C11H13N3O/c12-14-13-8-4-3-6-10-5-1-2-7-11(10)9-15/h1-3,5-7,15H,4,8-9H2. The van der Waals surface area contributed by atoms with Crippen LogP contribution in [0.4, 0.5) is 0 Å². The maximum absolute atomic E-state index is 9.06. The van der Waals surface area contributed by atoms with Crippen LogP contribution in [0.5, 0.6) is 0 Å². The van der Waals surface area contributed by atoms with Gasteiger partial charge in [-0.25, -0.2) is 0 Å². The van der Waals surface area contributed by atoms with Crippen molar-refractivity contribution >= 4 is 6.08 Å². The first-order chi connectivity index (χ1) is 7.38. The van der Waals surface area contributed by atoms with Crippen molar-refractivity contribution in [1.29, 1.82) is 0 Å². The maximum Gasteiger partial charge on any atom is 0.0687 e. The van der Waals surface area contributed by atoms with Crippen LogP contribution in [-0.2, 0) is 6.61 Å². The van der Waals surface area contributed by atoms with Gasteiger partial charge in [0.05, 0.1) is 6.61 Å². The van der Waals surface area contributed by atoms with Crippen LogP contribution in [0, 0.1) is 0 Å². The van der Waals surface area contributed by atoms with Crippen LogP contribution >= 0.6 is 0 Å². The van der Waals surface area contributed by atoms with E-state index in [-0.39, 0.29) is 6.61 Å². The van der Waals surface area contributed by atoms with Gasteiger partial charge < -0.3 is 5.11 Å². The minimum atomic E-state index is 0.0386. The Balaban J connectivity index is 2.59. The summed E-state index contributed by atoms with van der Waals surface area (Å²) >= 11 is 0. The molecule has 0 amide bonds. The van der Waals surface area contributed by atoms with E-state index >= 15 is 0 Å². The van der Waals surface area contributed by atoms with Crippen molar-refractivity contribution in [1.82, 2.24) is 0 Å². The summed E-state index contributed by atoms with van der Waals surface area (Å²) in [5.74, 6) is 0. The Morgan fingerprint density at radius 2 is 2.20 bits per heavy atom. The minimum Gasteiger partial charge on any atom is -0.392 e. The van der Waals surface area contributed by atoms with Crippen LogP contribution in [-0.4, -0.2) is 11.7 Å². The summed E-state index contributed by atoms with van der Waals surface area (Å²) in [6.45, 7) is 0.505. The molecule has 1 N–H and O–H groups in total. The molecule has 0 aliphatic carbocycles. The third kappa shape index (κ3) is 3.85. The molecule has 0 bridgehead atoms. The average molecular weight is 203 g/mol. The second-order valence-corrected chi connectivity index (χ2v) is 3.00. The average Bonchev–Trinajstić information content (AvgIpc) is 2.29. The fourth-order valence-electron chi connectivity index (χ4n) is 1.23. The molecule has 15 heavy (non-hydrogen) atoms. The highest BCUT2D eigenvalue weighted by Gasteiger charge is 1.94. The second-order valence-electron chi connectivity index (χ2n) is 3.00. The van der Waals surface area contributed by atoms with Gasteiger partial charge in [0, 0.05) is 11.5 Å². The van der Waals surface area contributed by atoms with Crippen LogP contribution in [0.25, 0.3) is 16.5 Å². The fourth-order valence-corrected chi connectivity index (χ4v) is 1.23. The Morgan fingerprint density at radius 3 is 2.93 bits per heavy atom. The summed E-state index contributed by atoms with van der Waals surface area (Å²) in [6, 6.07) is 7.64. The highest BCUT2D eigenvalue weighted by molar-refractivity contribution is 5.53. The van der Waals surface area contributed by atoms with Crippen molar-refractivity contribution in [2.45, 2.75) is 13.0 Å². The van der Waals surface area contributed by atoms with E-state index in [1.165, 1.54) is 0 Å². The molecule has 4 nitrogen and oxygen atoms in total. The van der Waals surface area contributed by atoms with E-state index in [1.54, 1.807) is 0 Å². The molecule has 1 aromatic rings. The molecule has 0 fully saturated rings. The molecule has 0 saturated heterocycles. The van der Waals surface area contributed by atoms with Gasteiger partial charge in [-0.3, -0.25) is 0 Å². The van der Waals surface area contributed by atoms with Gasteiger partial charge in [0.15, 0.2) is 0 Å².